The van der Waals surface area contributed by atoms with Crippen molar-refractivity contribution in [3.8, 4) is 0 Å². The Labute approximate surface area is 122 Å². The second kappa shape index (κ2) is 8.82. The molecule has 1 atom stereocenters. The van der Waals surface area contributed by atoms with Gasteiger partial charge in [0.1, 0.15) is 5.54 Å². The van der Waals surface area contributed by atoms with Gasteiger partial charge in [-0.05, 0) is 32.6 Å². The fourth-order valence-corrected chi connectivity index (χ4v) is 2.13. The van der Waals surface area contributed by atoms with Crippen molar-refractivity contribution in [2.45, 2.75) is 78.3 Å². The van der Waals surface area contributed by atoms with Crippen LogP contribution in [0.2, 0.25) is 0 Å². The zero-order valence-corrected chi connectivity index (χ0v) is 13.5. The number of carboxylic acids is 1. The van der Waals surface area contributed by atoms with Crippen molar-refractivity contribution in [2.24, 2.45) is 0 Å². The summed E-state index contributed by atoms with van der Waals surface area (Å²) < 4.78 is 0. The minimum absolute atomic E-state index is 0.113. The normalized spacial score (nSPS) is 12.8. The third kappa shape index (κ3) is 4.69. The summed E-state index contributed by atoms with van der Waals surface area (Å²) in [5, 5.41) is 12.1. The van der Waals surface area contributed by atoms with E-state index in [2.05, 4.69) is 12.2 Å². The molecule has 5 nitrogen and oxygen atoms in total. The topological polar surface area (TPSA) is 69.6 Å². The molecular weight excluding hydrogens is 256 g/mol. The van der Waals surface area contributed by atoms with Crippen LogP contribution < -0.4 is 5.32 Å². The molecule has 0 radical (unpaired) electrons. The molecule has 0 bridgehead atoms. The maximum Gasteiger partial charge on any atom is 0.329 e. The summed E-state index contributed by atoms with van der Waals surface area (Å²) in [6.45, 7) is 10.3. The number of carbonyl (C=O) groups excluding carboxylic acids is 1. The Hall–Kier alpha value is -1.26. The number of urea groups is 1. The molecular formula is C15H30N2O3. The molecule has 2 amide bonds. The molecule has 0 aliphatic rings. The van der Waals surface area contributed by atoms with Gasteiger partial charge in [0.05, 0.1) is 0 Å². The highest BCUT2D eigenvalue weighted by Gasteiger charge is 2.38. The van der Waals surface area contributed by atoms with Crippen LogP contribution >= 0.6 is 0 Å². The lowest BCUT2D eigenvalue weighted by atomic mass is 9.93. The summed E-state index contributed by atoms with van der Waals surface area (Å²) in [6.07, 6.45) is 3.55. The molecule has 5 heteroatoms. The quantitative estimate of drug-likeness (QED) is 0.683. The number of nitrogens with one attached hydrogen (secondary N) is 1. The molecule has 0 saturated carbocycles. The number of rotatable bonds is 9. The van der Waals surface area contributed by atoms with Crippen molar-refractivity contribution in [3.05, 3.63) is 0 Å². The van der Waals surface area contributed by atoms with Crippen molar-refractivity contribution in [1.29, 1.82) is 0 Å². The van der Waals surface area contributed by atoms with Gasteiger partial charge in [0.2, 0.25) is 0 Å². The molecule has 2 N–H and O–H groups in total. The summed E-state index contributed by atoms with van der Waals surface area (Å²) in [6, 6.07) is -0.152. The van der Waals surface area contributed by atoms with E-state index in [1.807, 2.05) is 13.8 Å². The van der Waals surface area contributed by atoms with Crippen molar-refractivity contribution < 1.29 is 14.7 Å². The van der Waals surface area contributed by atoms with E-state index in [1.54, 1.807) is 18.7 Å². The molecule has 0 aliphatic heterocycles. The summed E-state index contributed by atoms with van der Waals surface area (Å²) in [5.74, 6) is -0.963. The predicted octanol–water partition coefficient (Wildman–Crippen LogP) is 3.24. The molecule has 0 spiro atoms. The van der Waals surface area contributed by atoms with Crippen LogP contribution in [-0.4, -0.2) is 40.1 Å². The Bertz CT molecular complexity index is 314. The third-order valence-electron chi connectivity index (χ3n) is 4.10. The van der Waals surface area contributed by atoms with Gasteiger partial charge in [-0.25, -0.2) is 9.59 Å². The van der Waals surface area contributed by atoms with E-state index in [1.165, 1.54) is 0 Å². The third-order valence-corrected chi connectivity index (χ3v) is 4.10. The van der Waals surface area contributed by atoms with Crippen LogP contribution in [0.1, 0.15) is 66.7 Å². The first-order valence-electron chi connectivity index (χ1n) is 7.70. The lowest BCUT2D eigenvalue weighted by molar-refractivity contribution is -0.144. The lowest BCUT2D eigenvalue weighted by Crippen LogP contribution is -2.58. The highest BCUT2D eigenvalue weighted by Crippen LogP contribution is 2.17. The van der Waals surface area contributed by atoms with Crippen molar-refractivity contribution in [3.63, 3.8) is 0 Å². The summed E-state index contributed by atoms with van der Waals surface area (Å²) in [7, 11) is 0. The Kier molecular flexibility index (Phi) is 8.26. The zero-order chi connectivity index (χ0) is 15.8. The molecule has 20 heavy (non-hydrogen) atoms. The molecule has 0 saturated heterocycles. The van der Waals surface area contributed by atoms with Crippen LogP contribution in [0.4, 0.5) is 4.79 Å². The molecule has 0 heterocycles. The number of amides is 2. The van der Waals surface area contributed by atoms with E-state index in [0.717, 1.165) is 19.3 Å². The first-order valence-corrected chi connectivity index (χ1v) is 7.70. The number of unbranched alkanes of at least 4 members (excludes halogenated alkanes) is 1. The number of hydrogen-bond acceptors (Lipinski definition) is 2. The van der Waals surface area contributed by atoms with E-state index in [-0.39, 0.29) is 12.1 Å². The zero-order valence-electron chi connectivity index (χ0n) is 13.5. The van der Waals surface area contributed by atoms with Crippen LogP contribution in [0.3, 0.4) is 0 Å². The van der Waals surface area contributed by atoms with Gasteiger partial charge in [-0.3, -0.25) is 0 Å². The van der Waals surface area contributed by atoms with Gasteiger partial charge in [0, 0.05) is 12.6 Å². The van der Waals surface area contributed by atoms with Crippen molar-refractivity contribution in [2.75, 3.05) is 6.54 Å². The van der Waals surface area contributed by atoms with Gasteiger partial charge in [0.15, 0.2) is 0 Å². The van der Waals surface area contributed by atoms with E-state index in [9.17, 15) is 14.7 Å². The molecule has 0 fully saturated rings. The second-order valence-electron chi connectivity index (χ2n) is 5.33. The van der Waals surface area contributed by atoms with Crippen molar-refractivity contribution >= 4 is 12.0 Å². The maximum absolute atomic E-state index is 12.4. The molecule has 0 aromatic rings. The van der Waals surface area contributed by atoms with Gasteiger partial charge >= 0.3 is 12.0 Å². The van der Waals surface area contributed by atoms with Gasteiger partial charge in [0.25, 0.3) is 0 Å². The van der Waals surface area contributed by atoms with Gasteiger partial charge < -0.3 is 15.3 Å². The standard InChI is InChI=1S/C15H30N2O3/c1-6-10-11-17(12(5)7-2)14(20)16-15(8-3,9-4)13(18)19/h12H,6-11H2,1-5H3,(H,16,20)(H,18,19). The largest absolute Gasteiger partial charge is 0.480 e. The Morgan fingerprint density at radius 2 is 1.75 bits per heavy atom. The lowest BCUT2D eigenvalue weighted by Gasteiger charge is -2.34. The van der Waals surface area contributed by atoms with Crippen LogP contribution in [0, 0.1) is 0 Å². The minimum atomic E-state index is -1.16. The number of hydrogen-bond donors (Lipinski definition) is 2. The Morgan fingerprint density at radius 1 is 1.20 bits per heavy atom. The van der Waals surface area contributed by atoms with Gasteiger partial charge in [-0.15, -0.1) is 0 Å². The van der Waals surface area contributed by atoms with Crippen LogP contribution in [0.5, 0.6) is 0 Å². The summed E-state index contributed by atoms with van der Waals surface area (Å²) >= 11 is 0. The molecule has 118 valence electrons. The summed E-state index contributed by atoms with van der Waals surface area (Å²) in [4.78, 5) is 25.7. The first-order chi connectivity index (χ1) is 9.38. The monoisotopic (exact) mass is 286 g/mol. The van der Waals surface area contributed by atoms with Gasteiger partial charge in [-0.2, -0.15) is 0 Å². The molecule has 0 aromatic heterocycles. The SMILES string of the molecule is CCCCN(C(=O)NC(CC)(CC)C(=O)O)C(C)CC. The number of nitrogens with zero attached hydrogens (tertiary/aromatic N) is 1. The summed E-state index contributed by atoms with van der Waals surface area (Å²) in [5.41, 5.74) is -1.16. The number of carboxylic acid groups (broad SMARTS) is 1. The second-order valence-corrected chi connectivity index (χ2v) is 5.33. The van der Waals surface area contributed by atoms with Gasteiger partial charge in [-0.1, -0.05) is 34.1 Å². The Morgan fingerprint density at radius 3 is 2.10 bits per heavy atom. The Balaban J connectivity index is 5.01. The predicted molar refractivity (Wildman–Crippen MR) is 80.8 cm³/mol. The molecule has 0 aromatic carbocycles. The van der Waals surface area contributed by atoms with Crippen LogP contribution in [0.25, 0.3) is 0 Å². The van der Waals surface area contributed by atoms with E-state index >= 15 is 0 Å². The van der Waals surface area contributed by atoms with E-state index in [0.29, 0.717) is 19.4 Å². The number of carbonyl (C=O) groups is 2. The van der Waals surface area contributed by atoms with Crippen LogP contribution in [0.15, 0.2) is 0 Å². The van der Waals surface area contributed by atoms with Crippen molar-refractivity contribution in [1.82, 2.24) is 10.2 Å². The van der Waals surface area contributed by atoms with E-state index < -0.39 is 11.5 Å². The first kappa shape index (κ1) is 18.7. The molecule has 1 unspecified atom stereocenters. The van der Waals surface area contributed by atoms with Crippen LogP contribution in [-0.2, 0) is 4.79 Å². The smallest absolute Gasteiger partial charge is 0.329 e. The number of aliphatic carboxylic acids is 1. The molecule has 0 aliphatic carbocycles. The molecule has 0 rings (SSSR count). The fourth-order valence-electron chi connectivity index (χ4n) is 2.13. The fraction of sp³-hybridized carbons (Fsp3) is 0.867. The highest BCUT2D eigenvalue weighted by atomic mass is 16.4. The van der Waals surface area contributed by atoms with E-state index in [4.69, 9.17) is 0 Å². The minimum Gasteiger partial charge on any atom is -0.480 e. The highest BCUT2D eigenvalue weighted by molar-refractivity contribution is 5.86. The maximum atomic E-state index is 12.4. The average Bonchev–Trinajstić information content (AvgIpc) is 2.44. The average molecular weight is 286 g/mol.